The Balaban J connectivity index is 2.36. The van der Waals surface area contributed by atoms with Gasteiger partial charge in [0, 0.05) is 38.8 Å². The summed E-state index contributed by atoms with van der Waals surface area (Å²) in [6, 6.07) is 3.65. The van der Waals surface area contributed by atoms with E-state index in [1.165, 1.54) is 4.57 Å². The minimum Gasteiger partial charge on any atom is -0.397 e. The number of nitrogen functional groups attached to an aromatic ring is 1. The molecular formula is C12H13N5O. The van der Waals surface area contributed by atoms with E-state index in [-0.39, 0.29) is 5.56 Å². The molecule has 0 aromatic carbocycles. The van der Waals surface area contributed by atoms with E-state index in [1.807, 2.05) is 24.7 Å². The Morgan fingerprint density at radius 1 is 1.22 bits per heavy atom. The highest BCUT2D eigenvalue weighted by Crippen LogP contribution is 2.19. The van der Waals surface area contributed by atoms with Gasteiger partial charge in [0.25, 0.3) is 5.56 Å². The number of anilines is 1. The summed E-state index contributed by atoms with van der Waals surface area (Å²) in [5.41, 5.74) is 7.03. The van der Waals surface area contributed by atoms with Crippen LogP contribution in [-0.4, -0.2) is 18.9 Å². The maximum absolute atomic E-state index is 12.4. The molecule has 18 heavy (non-hydrogen) atoms. The van der Waals surface area contributed by atoms with Crippen LogP contribution < -0.4 is 11.3 Å². The summed E-state index contributed by atoms with van der Waals surface area (Å²) >= 11 is 0. The molecule has 0 aliphatic carbocycles. The fraction of sp³-hybridized carbons (Fsp3) is 0.167. The molecule has 0 spiro atoms. The molecule has 3 aromatic rings. The van der Waals surface area contributed by atoms with Crippen LogP contribution >= 0.6 is 0 Å². The monoisotopic (exact) mass is 243 g/mol. The Morgan fingerprint density at radius 3 is 2.67 bits per heavy atom. The molecule has 92 valence electrons. The molecule has 0 saturated carbocycles. The van der Waals surface area contributed by atoms with E-state index in [2.05, 4.69) is 5.10 Å². The van der Waals surface area contributed by atoms with Crippen LogP contribution in [0.25, 0.3) is 16.7 Å². The van der Waals surface area contributed by atoms with Crippen LogP contribution in [0.1, 0.15) is 0 Å². The number of hydrogen-bond donors (Lipinski definition) is 1. The zero-order valence-electron chi connectivity index (χ0n) is 10.2. The Labute approximate surface area is 103 Å². The molecule has 0 atom stereocenters. The lowest BCUT2D eigenvalue weighted by Crippen LogP contribution is -2.18. The molecule has 0 aliphatic heterocycles. The van der Waals surface area contributed by atoms with Crippen LogP contribution in [0.2, 0.25) is 0 Å². The molecule has 0 unspecified atom stereocenters. The number of rotatable bonds is 1. The summed E-state index contributed by atoms with van der Waals surface area (Å²) in [7, 11) is 3.67. The number of aryl methyl sites for hydroxylation is 2. The zero-order valence-corrected chi connectivity index (χ0v) is 10.2. The highest BCUT2D eigenvalue weighted by molar-refractivity contribution is 5.91. The molecule has 0 bridgehead atoms. The zero-order chi connectivity index (χ0) is 12.9. The van der Waals surface area contributed by atoms with Crippen LogP contribution in [0, 0.1) is 0 Å². The molecule has 2 N–H and O–H groups in total. The first-order valence-corrected chi connectivity index (χ1v) is 5.54. The van der Waals surface area contributed by atoms with Crippen molar-refractivity contribution >= 4 is 16.6 Å². The van der Waals surface area contributed by atoms with Crippen LogP contribution in [0.5, 0.6) is 0 Å². The van der Waals surface area contributed by atoms with E-state index in [9.17, 15) is 4.79 Å². The second-order valence-corrected chi connectivity index (χ2v) is 4.29. The normalized spacial score (nSPS) is 11.2. The molecule has 0 fully saturated rings. The van der Waals surface area contributed by atoms with Gasteiger partial charge in [-0.25, -0.2) is 0 Å². The lowest BCUT2D eigenvalue weighted by molar-refractivity contribution is 0.747. The van der Waals surface area contributed by atoms with Crippen molar-refractivity contribution in [3.63, 3.8) is 0 Å². The fourth-order valence-corrected chi connectivity index (χ4v) is 2.15. The number of fused-ring (bicyclic) bond motifs is 1. The molecule has 6 nitrogen and oxygen atoms in total. The Morgan fingerprint density at radius 2 is 2.00 bits per heavy atom. The van der Waals surface area contributed by atoms with E-state index in [1.54, 1.807) is 29.3 Å². The molecule has 0 amide bonds. The molecule has 3 heterocycles. The standard InChI is InChI=1S/C12H13N5O/c1-15-7-8(13)11-9(15)3-6-17(12(11)18)10-4-5-16(2)14-10/h3-7H,13H2,1-2H3. The van der Waals surface area contributed by atoms with Gasteiger partial charge in [0.2, 0.25) is 0 Å². The summed E-state index contributed by atoms with van der Waals surface area (Å²) in [4.78, 5) is 12.4. The number of pyridine rings is 1. The van der Waals surface area contributed by atoms with Crippen LogP contribution in [0.15, 0.2) is 35.5 Å². The molecule has 6 heteroatoms. The lowest BCUT2D eigenvalue weighted by atomic mass is 10.3. The highest BCUT2D eigenvalue weighted by Gasteiger charge is 2.11. The van der Waals surface area contributed by atoms with Crippen molar-refractivity contribution in [2.24, 2.45) is 14.1 Å². The smallest absolute Gasteiger partial charge is 0.267 e. The van der Waals surface area contributed by atoms with Crippen molar-refractivity contribution < 1.29 is 0 Å². The topological polar surface area (TPSA) is 70.8 Å². The Bertz CT molecular complexity index is 793. The molecule has 3 rings (SSSR count). The van der Waals surface area contributed by atoms with E-state index in [0.717, 1.165) is 5.52 Å². The third kappa shape index (κ3) is 1.35. The average Bonchev–Trinajstić information content (AvgIpc) is 2.85. The van der Waals surface area contributed by atoms with Crippen LogP contribution in [-0.2, 0) is 14.1 Å². The first-order valence-electron chi connectivity index (χ1n) is 5.54. The average molecular weight is 243 g/mol. The van der Waals surface area contributed by atoms with Gasteiger partial charge < -0.3 is 10.3 Å². The SMILES string of the molecule is Cn1ccc(-n2ccc3c(c(N)cn3C)c2=O)n1. The Hall–Kier alpha value is -2.50. The maximum atomic E-state index is 12.4. The van der Waals surface area contributed by atoms with Gasteiger partial charge in [0.1, 0.15) is 0 Å². The van der Waals surface area contributed by atoms with E-state index >= 15 is 0 Å². The van der Waals surface area contributed by atoms with Crippen molar-refractivity contribution in [1.82, 2.24) is 18.9 Å². The van der Waals surface area contributed by atoms with E-state index in [0.29, 0.717) is 16.9 Å². The van der Waals surface area contributed by atoms with Crippen molar-refractivity contribution in [2.45, 2.75) is 0 Å². The minimum atomic E-state index is -0.149. The third-order valence-electron chi connectivity index (χ3n) is 3.02. The summed E-state index contributed by atoms with van der Waals surface area (Å²) < 4.78 is 4.99. The van der Waals surface area contributed by atoms with Gasteiger partial charge in [-0.1, -0.05) is 0 Å². The quantitative estimate of drug-likeness (QED) is 0.682. The van der Waals surface area contributed by atoms with Crippen LogP contribution in [0.3, 0.4) is 0 Å². The van der Waals surface area contributed by atoms with Gasteiger partial charge in [-0.05, 0) is 6.07 Å². The van der Waals surface area contributed by atoms with Gasteiger partial charge >= 0.3 is 0 Å². The largest absolute Gasteiger partial charge is 0.397 e. The van der Waals surface area contributed by atoms with Gasteiger partial charge in [-0.15, -0.1) is 0 Å². The fourth-order valence-electron chi connectivity index (χ4n) is 2.15. The molecule has 0 aliphatic rings. The molecular weight excluding hydrogens is 230 g/mol. The second-order valence-electron chi connectivity index (χ2n) is 4.29. The molecule has 0 radical (unpaired) electrons. The number of hydrogen-bond acceptors (Lipinski definition) is 3. The van der Waals surface area contributed by atoms with Crippen LogP contribution in [0.4, 0.5) is 5.69 Å². The Kier molecular flexibility index (Phi) is 2.07. The lowest BCUT2D eigenvalue weighted by Gasteiger charge is -2.02. The molecule has 3 aromatic heterocycles. The predicted molar refractivity (Wildman–Crippen MR) is 69.7 cm³/mol. The van der Waals surface area contributed by atoms with E-state index < -0.39 is 0 Å². The van der Waals surface area contributed by atoms with E-state index in [4.69, 9.17) is 5.73 Å². The van der Waals surface area contributed by atoms with Gasteiger partial charge in [-0.3, -0.25) is 14.0 Å². The first kappa shape index (κ1) is 10.6. The van der Waals surface area contributed by atoms with Gasteiger partial charge in [-0.2, -0.15) is 5.10 Å². The third-order valence-corrected chi connectivity index (χ3v) is 3.02. The first-order chi connectivity index (χ1) is 8.58. The predicted octanol–water partition coefficient (Wildman–Crippen LogP) is 0.645. The van der Waals surface area contributed by atoms with Crippen molar-refractivity contribution in [2.75, 3.05) is 5.73 Å². The minimum absolute atomic E-state index is 0.149. The van der Waals surface area contributed by atoms with Crippen molar-refractivity contribution in [1.29, 1.82) is 0 Å². The second kappa shape index (κ2) is 3.49. The summed E-state index contributed by atoms with van der Waals surface area (Å²) in [5, 5.41) is 4.75. The van der Waals surface area contributed by atoms with Gasteiger partial charge in [0.05, 0.1) is 16.6 Å². The molecule has 0 saturated heterocycles. The highest BCUT2D eigenvalue weighted by atomic mass is 16.1. The summed E-state index contributed by atoms with van der Waals surface area (Å²) in [5.74, 6) is 0.590. The van der Waals surface area contributed by atoms with Crippen molar-refractivity contribution in [3.05, 3.63) is 41.1 Å². The number of aromatic nitrogens is 4. The summed E-state index contributed by atoms with van der Waals surface area (Å²) in [6.45, 7) is 0. The summed E-state index contributed by atoms with van der Waals surface area (Å²) in [6.07, 6.45) is 5.25. The number of nitrogens with two attached hydrogens (primary N) is 1. The van der Waals surface area contributed by atoms with Gasteiger partial charge in [0.15, 0.2) is 5.82 Å². The maximum Gasteiger partial charge on any atom is 0.267 e. The number of nitrogens with zero attached hydrogens (tertiary/aromatic N) is 4. The van der Waals surface area contributed by atoms with Crippen molar-refractivity contribution in [3.8, 4) is 5.82 Å².